The lowest BCUT2D eigenvalue weighted by atomic mass is 9.81. The van der Waals surface area contributed by atoms with Crippen LogP contribution >= 0.6 is 0 Å². The van der Waals surface area contributed by atoms with Gasteiger partial charge in [0.25, 0.3) is 0 Å². The van der Waals surface area contributed by atoms with Crippen LogP contribution in [-0.2, 0) is 17.6 Å². The van der Waals surface area contributed by atoms with E-state index in [0.717, 1.165) is 56.4 Å². The van der Waals surface area contributed by atoms with E-state index < -0.39 is 0 Å². The molecule has 0 saturated carbocycles. The van der Waals surface area contributed by atoms with E-state index in [1.807, 2.05) is 18.2 Å². The van der Waals surface area contributed by atoms with Crippen LogP contribution in [0.4, 0.5) is 0 Å². The lowest BCUT2D eigenvalue weighted by Crippen LogP contribution is -2.50. The first-order valence-electron chi connectivity index (χ1n) is 9.32. The molecular formula is C22H25NO2. The fraction of sp³-hybridized carbons (Fsp3) is 0.409. The maximum absolute atomic E-state index is 12.3. The molecule has 0 N–H and O–H groups in total. The Morgan fingerprint density at radius 3 is 2.48 bits per heavy atom. The molecule has 0 amide bonds. The van der Waals surface area contributed by atoms with Crippen LogP contribution in [0.5, 0.6) is 0 Å². The van der Waals surface area contributed by atoms with Crippen LogP contribution in [0.2, 0.25) is 0 Å². The van der Waals surface area contributed by atoms with Crippen molar-refractivity contribution in [3.8, 4) is 0 Å². The van der Waals surface area contributed by atoms with Gasteiger partial charge < -0.3 is 9.64 Å². The fourth-order valence-electron chi connectivity index (χ4n) is 4.12. The SMILES string of the molecule is O=C1OC2(CCN(CCCc3ccccc3)CC2)Cc2ccccc21. The molecule has 2 heterocycles. The third-order valence-electron chi connectivity index (χ3n) is 5.61. The second-order valence-electron chi connectivity index (χ2n) is 7.34. The predicted molar refractivity (Wildman–Crippen MR) is 98.7 cm³/mol. The van der Waals surface area contributed by atoms with Crippen molar-refractivity contribution in [1.29, 1.82) is 0 Å². The summed E-state index contributed by atoms with van der Waals surface area (Å²) in [6, 6.07) is 18.6. The van der Waals surface area contributed by atoms with E-state index in [2.05, 4.69) is 41.3 Å². The fourth-order valence-corrected chi connectivity index (χ4v) is 4.12. The molecule has 0 atom stereocenters. The van der Waals surface area contributed by atoms with Crippen LogP contribution in [0.3, 0.4) is 0 Å². The molecule has 130 valence electrons. The molecule has 0 unspecified atom stereocenters. The van der Waals surface area contributed by atoms with Crippen molar-refractivity contribution < 1.29 is 9.53 Å². The Kier molecular flexibility index (Phi) is 4.58. The minimum Gasteiger partial charge on any atom is -0.455 e. The van der Waals surface area contributed by atoms with E-state index in [1.54, 1.807) is 0 Å². The van der Waals surface area contributed by atoms with E-state index in [4.69, 9.17) is 4.74 Å². The van der Waals surface area contributed by atoms with Gasteiger partial charge in [0.05, 0.1) is 5.56 Å². The number of carbonyl (C=O) groups excluding carboxylic acids is 1. The van der Waals surface area contributed by atoms with E-state index in [9.17, 15) is 4.79 Å². The number of carbonyl (C=O) groups is 1. The van der Waals surface area contributed by atoms with Gasteiger partial charge in [-0.05, 0) is 36.6 Å². The average molecular weight is 335 g/mol. The zero-order valence-corrected chi connectivity index (χ0v) is 14.6. The Morgan fingerprint density at radius 2 is 1.68 bits per heavy atom. The van der Waals surface area contributed by atoms with Crippen LogP contribution in [0.1, 0.15) is 40.7 Å². The van der Waals surface area contributed by atoms with Gasteiger partial charge in [0.15, 0.2) is 0 Å². The Morgan fingerprint density at radius 1 is 0.960 bits per heavy atom. The van der Waals surface area contributed by atoms with Crippen molar-refractivity contribution in [2.24, 2.45) is 0 Å². The van der Waals surface area contributed by atoms with Gasteiger partial charge in [0, 0.05) is 32.4 Å². The van der Waals surface area contributed by atoms with Crippen LogP contribution in [0.15, 0.2) is 54.6 Å². The summed E-state index contributed by atoms with van der Waals surface area (Å²) in [7, 11) is 0. The Hall–Kier alpha value is -2.13. The molecule has 2 aromatic carbocycles. The molecule has 2 aliphatic rings. The first kappa shape index (κ1) is 16.3. The molecular weight excluding hydrogens is 310 g/mol. The summed E-state index contributed by atoms with van der Waals surface area (Å²) >= 11 is 0. The van der Waals surface area contributed by atoms with E-state index in [0.29, 0.717) is 0 Å². The molecule has 0 bridgehead atoms. The van der Waals surface area contributed by atoms with Gasteiger partial charge in [0.2, 0.25) is 0 Å². The number of nitrogens with zero attached hydrogens (tertiary/aromatic N) is 1. The molecule has 2 aliphatic heterocycles. The highest BCUT2D eigenvalue weighted by atomic mass is 16.6. The van der Waals surface area contributed by atoms with E-state index in [-0.39, 0.29) is 11.6 Å². The normalized spacial score (nSPS) is 19.4. The maximum Gasteiger partial charge on any atom is 0.338 e. The standard InChI is InChI=1S/C22H25NO2/c24-21-20-11-5-4-10-19(20)17-22(25-21)12-15-23(16-13-22)14-6-9-18-7-2-1-3-8-18/h1-5,7-8,10-11H,6,9,12-17H2. The molecule has 0 aliphatic carbocycles. The number of benzene rings is 2. The number of hydrogen-bond donors (Lipinski definition) is 0. The predicted octanol–water partition coefficient (Wildman–Crippen LogP) is 3.87. The smallest absolute Gasteiger partial charge is 0.338 e. The lowest BCUT2D eigenvalue weighted by Gasteiger charge is -2.43. The second kappa shape index (κ2) is 7.01. The summed E-state index contributed by atoms with van der Waals surface area (Å²) in [5, 5.41) is 0. The van der Waals surface area contributed by atoms with Gasteiger partial charge in [0.1, 0.15) is 5.60 Å². The molecule has 3 nitrogen and oxygen atoms in total. The Labute approximate surface area is 149 Å². The average Bonchev–Trinajstić information content (AvgIpc) is 2.64. The number of likely N-dealkylation sites (tertiary alicyclic amines) is 1. The third-order valence-corrected chi connectivity index (χ3v) is 5.61. The number of rotatable bonds is 4. The number of fused-ring (bicyclic) bond motifs is 1. The van der Waals surface area contributed by atoms with E-state index in [1.165, 1.54) is 12.0 Å². The zero-order valence-electron chi connectivity index (χ0n) is 14.6. The van der Waals surface area contributed by atoms with Crippen molar-refractivity contribution in [3.05, 3.63) is 71.3 Å². The molecule has 1 spiro atoms. The van der Waals surface area contributed by atoms with Crippen molar-refractivity contribution in [1.82, 2.24) is 4.90 Å². The number of ether oxygens (including phenoxy) is 1. The molecule has 0 radical (unpaired) electrons. The van der Waals surface area contributed by atoms with Crippen LogP contribution < -0.4 is 0 Å². The molecule has 25 heavy (non-hydrogen) atoms. The molecule has 3 heteroatoms. The summed E-state index contributed by atoms with van der Waals surface area (Å²) < 4.78 is 5.90. The molecule has 2 aromatic rings. The summed E-state index contributed by atoms with van der Waals surface area (Å²) in [5.74, 6) is -0.139. The molecule has 4 rings (SSSR count). The highest BCUT2D eigenvalue weighted by Crippen LogP contribution is 2.36. The lowest BCUT2D eigenvalue weighted by molar-refractivity contribution is -0.0565. The largest absolute Gasteiger partial charge is 0.455 e. The van der Waals surface area contributed by atoms with Gasteiger partial charge in [-0.15, -0.1) is 0 Å². The summed E-state index contributed by atoms with van der Waals surface area (Å²) in [6.45, 7) is 3.16. The van der Waals surface area contributed by atoms with E-state index >= 15 is 0 Å². The number of esters is 1. The number of hydrogen-bond acceptors (Lipinski definition) is 3. The van der Waals surface area contributed by atoms with Crippen LogP contribution in [-0.4, -0.2) is 36.1 Å². The van der Waals surface area contributed by atoms with Crippen LogP contribution in [0.25, 0.3) is 0 Å². The van der Waals surface area contributed by atoms with Crippen LogP contribution in [0, 0.1) is 0 Å². The quantitative estimate of drug-likeness (QED) is 0.795. The van der Waals surface area contributed by atoms with Gasteiger partial charge in [-0.3, -0.25) is 0 Å². The van der Waals surface area contributed by atoms with Gasteiger partial charge in [-0.2, -0.15) is 0 Å². The molecule has 1 saturated heterocycles. The number of aryl methyl sites for hydroxylation is 1. The van der Waals surface area contributed by atoms with Crippen molar-refractivity contribution in [2.75, 3.05) is 19.6 Å². The van der Waals surface area contributed by atoms with Gasteiger partial charge >= 0.3 is 5.97 Å². The first-order valence-corrected chi connectivity index (χ1v) is 9.32. The summed E-state index contributed by atoms with van der Waals surface area (Å²) in [4.78, 5) is 14.8. The summed E-state index contributed by atoms with van der Waals surface area (Å²) in [6.07, 6.45) is 5.06. The monoisotopic (exact) mass is 335 g/mol. The van der Waals surface area contributed by atoms with Crippen molar-refractivity contribution in [2.45, 2.75) is 37.7 Å². The topological polar surface area (TPSA) is 29.5 Å². The second-order valence-corrected chi connectivity index (χ2v) is 7.34. The number of piperidine rings is 1. The summed E-state index contributed by atoms with van der Waals surface area (Å²) in [5.41, 5.74) is 3.03. The molecule has 0 aromatic heterocycles. The van der Waals surface area contributed by atoms with Gasteiger partial charge in [-0.25, -0.2) is 4.79 Å². The highest BCUT2D eigenvalue weighted by molar-refractivity contribution is 5.92. The Bertz CT molecular complexity index is 733. The van der Waals surface area contributed by atoms with Crippen molar-refractivity contribution >= 4 is 5.97 Å². The minimum atomic E-state index is -0.276. The third kappa shape index (κ3) is 3.62. The molecule has 1 fully saturated rings. The van der Waals surface area contributed by atoms with Crippen molar-refractivity contribution in [3.63, 3.8) is 0 Å². The van der Waals surface area contributed by atoms with Gasteiger partial charge in [-0.1, -0.05) is 48.5 Å². The zero-order chi connectivity index (χ0) is 17.1. The first-order chi connectivity index (χ1) is 12.2. The minimum absolute atomic E-state index is 0.139. The highest BCUT2D eigenvalue weighted by Gasteiger charge is 2.42. The maximum atomic E-state index is 12.3. The Balaban J connectivity index is 1.31.